The zero-order valence-corrected chi connectivity index (χ0v) is 10.4. The zero-order chi connectivity index (χ0) is 10.8. The molecule has 3 atom stereocenters. The molecule has 2 heterocycles. The molecule has 2 rings (SSSR count). The Morgan fingerprint density at radius 1 is 1.27 bits per heavy atom. The molecule has 3 heteroatoms. The SMILES string of the molecule is CC1CN(C2CCCNC2)CC1N(C)C. The first-order chi connectivity index (χ1) is 7.18. The molecule has 0 spiro atoms. The van der Waals surface area contributed by atoms with Gasteiger partial charge in [0.2, 0.25) is 0 Å². The molecular weight excluding hydrogens is 186 g/mol. The average molecular weight is 211 g/mol. The molecule has 0 aromatic heterocycles. The molecule has 0 radical (unpaired) electrons. The molecule has 2 aliphatic rings. The highest BCUT2D eigenvalue weighted by Crippen LogP contribution is 2.24. The molecule has 0 aliphatic carbocycles. The van der Waals surface area contributed by atoms with E-state index >= 15 is 0 Å². The lowest BCUT2D eigenvalue weighted by atomic mass is 10.1. The first kappa shape index (κ1) is 11.4. The van der Waals surface area contributed by atoms with Crippen molar-refractivity contribution in [1.29, 1.82) is 0 Å². The number of hydrogen-bond acceptors (Lipinski definition) is 3. The van der Waals surface area contributed by atoms with Crippen molar-refractivity contribution < 1.29 is 0 Å². The van der Waals surface area contributed by atoms with E-state index < -0.39 is 0 Å². The molecule has 0 bridgehead atoms. The number of likely N-dealkylation sites (tertiary alicyclic amines) is 1. The van der Waals surface area contributed by atoms with Gasteiger partial charge in [0.1, 0.15) is 0 Å². The van der Waals surface area contributed by atoms with Gasteiger partial charge in [0, 0.05) is 31.7 Å². The summed E-state index contributed by atoms with van der Waals surface area (Å²) in [5.41, 5.74) is 0. The molecule has 0 amide bonds. The van der Waals surface area contributed by atoms with E-state index in [9.17, 15) is 0 Å². The summed E-state index contributed by atoms with van der Waals surface area (Å²) in [7, 11) is 4.42. The van der Waals surface area contributed by atoms with E-state index in [-0.39, 0.29) is 0 Å². The van der Waals surface area contributed by atoms with Crippen LogP contribution in [-0.2, 0) is 0 Å². The van der Waals surface area contributed by atoms with Crippen LogP contribution in [0.25, 0.3) is 0 Å². The van der Waals surface area contributed by atoms with Gasteiger partial charge in [-0.1, -0.05) is 6.92 Å². The standard InChI is InChI=1S/C12H25N3/c1-10-8-15(9-12(10)14(2)3)11-5-4-6-13-7-11/h10-13H,4-9H2,1-3H3. The van der Waals surface area contributed by atoms with Gasteiger partial charge < -0.3 is 10.2 Å². The quantitative estimate of drug-likeness (QED) is 0.722. The average Bonchev–Trinajstić information content (AvgIpc) is 2.62. The predicted octanol–water partition coefficient (Wildman–Crippen LogP) is 0.620. The normalized spacial score (nSPS) is 38.8. The van der Waals surface area contributed by atoms with Crippen molar-refractivity contribution in [2.45, 2.75) is 31.8 Å². The van der Waals surface area contributed by atoms with Crippen molar-refractivity contribution >= 4 is 0 Å². The summed E-state index contributed by atoms with van der Waals surface area (Å²) in [6.45, 7) is 7.36. The molecule has 2 aliphatic heterocycles. The van der Waals surface area contributed by atoms with Gasteiger partial charge in [-0.3, -0.25) is 4.90 Å². The number of likely N-dealkylation sites (N-methyl/N-ethyl adjacent to an activating group) is 1. The molecule has 1 N–H and O–H groups in total. The minimum atomic E-state index is 0.756. The Balaban J connectivity index is 1.89. The van der Waals surface area contributed by atoms with Gasteiger partial charge >= 0.3 is 0 Å². The van der Waals surface area contributed by atoms with E-state index in [2.05, 4.69) is 36.1 Å². The smallest absolute Gasteiger partial charge is 0.0254 e. The van der Waals surface area contributed by atoms with Gasteiger partial charge in [-0.15, -0.1) is 0 Å². The summed E-state index contributed by atoms with van der Waals surface area (Å²) < 4.78 is 0. The third kappa shape index (κ3) is 2.52. The molecular formula is C12H25N3. The number of rotatable bonds is 2. The molecule has 15 heavy (non-hydrogen) atoms. The van der Waals surface area contributed by atoms with Crippen LogP contribution in [0.15, 0.2) is 0 Å². The van der Waals surface area contributed by atoms with Gasteiger partial charge in [0.05, 0.1) is 0 Å². The summed E-state index contributed by atoms with van der Waals surface area (Å²) in [4.78, 5) is 5.09. The van der Waals surface area contributed by atoms with Crippen LogP contribution in [-0.4, -0.2) is 62.2 Å². The number of piperidine rings is 1. The van der Waals surface area contributed by atoms with E-state index in [0.717, 1.165) is 18.0 Å². The van der Waals surface area contributed by atoms with Gasteiger partial charge in [-0.05, 0) is 39.4 Å². The highest BCUT2D eigenvalue weighted by Gasteiger charge is 2.34. The van der Waals surface area contributed by atoms with Crippen LogP contribution in [0, 0.1) is 5.92 Å². The molecule has 3 nitrogen and oxygen atoms in total. The van der Waals surface area contributed by atoms with Crippen LogP contribution >= 0.6 is 0 Å². The molecule has 0 saturated carbocycles. The minimum Gasteiger partial charge on any atom is -0.315 e. The molecule has 0 aromatic rings. The third-order valence-electron chi connectivity index (χ3n) is 4.05. The van der Waals surface area contributed by atoms with Crippen LogP contribution in [0.2, 0.25) is 0 Å². The summed E-state index contributed by atoms with van der Waals surface area (Å²) in [5, 5.41) is 3.52. The van der Waals surface area contributed by atoms with Gasteiger partial charge in [0.15, 0.2) is 0 Å². The maximum atomic E-state index is 3.52. The van der Waals surface area contributed by atoms with Gasteiger partial charge in [-0.2, -0.15) is 0 Å². The van der Waals surface area contributed by atoms with Crippen LogP contribution in [0.3, 0.4) is 0 Å². The molecule has 0 aromatic carbocycles. The number of hydrogen-bond donors (Lipinski definition) is 1. The fraction of sp³-hybridized carbons (Fsp3) is 1.00. The largest absolute Gasteiger partial charge is 0.315 e. The van der Waals surface area contributed by atoms with Gasteiger partial charge in [0.25, 0.3) is 0 Å². The Bertz CT molecular complexity index is 199. The maximum Gasteiger partial charge on any atom is 0.0254 e. The highest BCUT2D eigenvalue weighted by molar-refractivity contribution is 4.91. The fourth-order valence-electron chi connectivity index (χ4n) is 3.10. The van der Waals surface area contributed by atoms with Crippen molar-refractivity contribution in [3.05, 3.63) is 0 Å². The lowest BCUT2D eigenvalue weighted by Crippen LogP contribution is -2.46. The Morgan fingerprint density at radius 3 is 2.60 bits per heavy atom. The predicted molar refractivity (Wildman–Crippen MR) is 64.1 cm³/mol. The lowest BCUT2D eigenvalue weighted by molar-refractivity contribution is 0.185. The number of nitrogens with zero attached hydrogens (tertiary/aromatic N) is 2. The first-order valence-corrected chi connectivity index (χ1v) is 6.29. The van der Waals surface area contributed by atoms with Crippen molar-refractivity contribution in [2.24, 2.45) is 5.92 Å². The summed E-state index contributed by atoms with van der Waals surface area (Å²) in [6.07, 6.45) is 2.74. The third-order valence-corrected chi connectivity index (χ3v) is 4.05. The lowest BCUT2D eigenvalue weighted by Gasteiger charge is -2.32. The number of nitrogens with one attached hydrogen (secondary N) is 1. The van der Waals surface area contributed by atoms with Crippen LogP contribution in [0.5, 0.6) is 0 Å². The Labute approximate surface area is 93.8 Å². The minimum absolute atomic E-state index is 0.756. The monoisotopic (exact) mass is 211 g/mol. The first-order valence-electron chi connectivity index (χ1n) is 6.29. The van der Waals surface area contributed by atoms with Crippen LogP contribution < -0.4 is 5.32 Å². The second kappa shape index (κ2) is 4.81. The zero-order valence-electron chi connectivity index (χ0n) is 10.4. The summed E-state index contributed by atoms with van der Waals surface area (Å²) >= 11 is 0. The Kier molecular flexibility index (Phi) is 3.65. The highest BCUT2D eigenvalue weighted by atomic mass is 15.3. The van der Waals surface area contributed by atoms with Crippen molar-refractivity contribution in [3.8, 4) is 0 Å². The van der Waals surface area contributed by atoms with E-state index in [1.807, 2.05) is 0 Å². The Morgan fingerprint density at radius 2 is 2.07 bits per heavy atom. The van der Waals surface area contributed by atoms with Crippen molar-refractivity contribution in [3.63, 3.8) is 0 Å². The van der Waals surface area contributed by atoms with E-state index in [0.29, 0.717) is 0 Å². The van der Waals surface area contributed by atoms with Crippen molar-refractivity contribution in [1.82, 2.24) is 15.1 Å². The second-order valence-electron chi connectivity index (χ2n) is 5.46. The van der Waals surface area contributed by atoms with Crippen molar-refractivity contribution in [2.75, 3.05) is 40.3 Å². The Hall–Kier alpha value is -0.120. The molecule has 88 valence electrons. The van der Waals surface area contributed by atoms with Crippen LogP contribution in [0.4, 0.5) is 0 Å². The van der Waals surface area contributed by atoms with E-state index in [1.165, 1.54) is 39.0 Å². The van der Waals surface area contributed by atoms with Gasteiger partial charge in [-0.25, -0.2) is 0 Å². The molecule has 3 unspecified atom stereocenters. The fourth-order valence-corrected chi connectivity index (χ4v) is 3.10. The summed E-state index contributed by atoms with van der Waals surface area (Å²) in [6, 6.07) is 1.55. The molecule has 2 saturated heterocycles. The topological polar surface area (TPSA) is 18.5 Å². The summed E-state index contributed by atoms with van der Waals surface area (Å²) in [5.74, 6) is 0.821. The maximum absolute atomic E-state index is 3.52. The van der Waals surface area contributed by atoms with Crippen LogP contribution in [0.1, 0.15) is 19.8 Å². The van der Waals surface area contributed by atoms with E-state index in [4.69, 9.17) is 0 Å². The molecule has 2 fully saturated rings. The second-order valence-corrected chi connectivity index (χ2v) is 5.46. The van der Waals surface area contributed by atoms with E-state index in [1.54, 1.807) is 0 Å².